The standard InChI is InChI=1S/C8H10ClN3/c1-12(8(10)11)7-5-3-2-4-6(7)9/h2-5H,1H3,(H3,10,11). The van der Waals surface area contributed by atoms with Gasteiger partial charge in [-0.1, -0.05) is 23.7 Å². The lowest BCUT2D eigenvalue weighted by atomic mass is 10.3. The Kier molecular flexibility index (Phi) is 2.55. The molecule has 1 rings (SSSR count). The first-order valence-electron chi connectivity index (χ1n) is 3.45. The van der Waals surface area contributed by atoms with Gasteiger partial charge in [-0.2, -0.15) is 0 Å². The molecule has 0 bridgehead atoms. The topological polar surface area (TPSA) is 53.1 Å². The van der Waals surface area contributed by atoms with Gasteiger partial charge in [0.2, 0.25) is 0 Å². The Bertz CT molecular complexity index is 298. The molecule has 0 aromatic heterocycles. The van der Waals surface area contributed by atoms with E-state index in [2.05, 4.69) is 0 Å². The second-order valence-electron chi connectivity index (χ2n) is 2.40. The van der Waals surface area contributed by atoms with E-state index in [1.165, 1.54) is 4.90 Å². The summed E-state index contributed by atoms with van der Waals surface area (Å²) in [5.41, 5.74) is 6.03. The Labute approximate surface area is 76.2 Å². The predicted octanol–water partition coefficient (Wildman–Crippen LogP) is 1.67. The minimum Gasteiger partial charge on any atom is -0.370 e. The summed E-state index contributed by atoms with van der Waals surface area (Å²) in [6, 6.07) is 7.25. The molecule has 3 N–H and O–H groups in total. The van der Waals surface area contributed by atoms with Crippen LogP contribution in [0.1, 0.15) is 0 Å². The van der Waals surface area contributed by atoms with Crippen LogP contribution in [0.5, 0.6) is 0 Å². The fourth-order valence-corrected chi connectivity index (χ4v) is 1.12. The maximum absolute atomic E-state index is 7.18. The van der Waals surface area contributed by atoms with E-state index in [1.54, 1.807) is 13.1 Å². The van der Waals surface area contributed by atoms with Gasteiger partial charge in [0.25, 0.3) is 0 Å². The molecule has 0 unspecified atom stereocenters. The third kappa shape index (κ3) is 1.68. The zero-order chi connectivity index (χ0) is 9.14. The van der Waals surface area contributed by atoms with E-state index >= 15 is 0 Å². The van der Waals surface area contributed by atoms with Crippen LogP contribution >= 0.6 is 11.6 Å². The maximum Gasteiger partial charge on any atom is 0.192 e. The van der Waals surface area contributed by atoms with E-state index in [1.807, 2.05) is 18.2 Å². The van der Waals surface area contributed by atoms with E-state index in [0.29, 0.717) is 5.02 Å². The average Bonchev–Trinajstić information content (AvgIpc) is 2.04. The van der Waals surface area contributed by atoms with Crippen LogP contribution in [0.15, 0.2) is 24.3 Å². The first-order valence-corrected chi connectivity index (χ1v) is 3.83. The monoisotopic (exact) mass is 183 g/mol. The molecule has 12 heavy (non-hydrogen) atoms. The molecule has 0 saturated carbocycles. The van der Waals surface area contributed by atoms with Crippen LogP contribution in [-0.4, -0.2) is 13.0 Å². The SMILES string of the molecule is CN(C(=N)N)c1ccccc1Cl. The number of nitrogens with one attached hydrogen (secondary N) is 1. The molecule has 4 heteroatoms. The van der Waals surface area contributed by atoms with Crippen LogP contribution in [-0.2, 0) is 0 Å². The van der Waals surface area contributed by atoms with Crippen LogP contribution in [0.3, 0.4) is 0 Å². The molecule has 0 aliphatic carbocycles. The number of benzene rings is 1. The molecule has 0 fully saturated rings. The second-order valence-corrected chi connectivity index (χ2v) is 2.80. The number of hydrogen-bond donors (Lipinski definition) is 2. The molecule has 0 radical (unpaired) electrons. The van der Waals surface area contributed by atoms with Crippen molar-refractivity contribution in [2.45, 2.75) is 0 Å². The minimum atomic E-state index is -0.0249. The third-order valence-electron chi connectivity index (χ3n) is 1.58. The van der Waals surface area contributed by atoms with Gasteiger partial charge in [0.05, 0.1) is 10.7 Å². The maximum atomic E-state index is 7.18. The number of guanidine groups is 1. The first-order chi connectivity index (χ1) is 5.63. The largest absolute Gasteiger partial charge is 0.370 e. The van der Waals surface area contributed by atoms with Crippen LogP contribution in [0.2, 0.25) is 5.02 Å². The van der Waals surface area contributed by atoms with Crippen molar-refractivity contribution in [3.8, 4) is 0 Å². The Hall–Kier alpha value is -1.22. The lowest BCUT2D eigenvalue weighted by Gasteiger charge is -2.17. The van der Waals surface area contributed by atoms with Gasteiger partial charge in [-0.25, -0.2) is 0 Å². The first kappa shape index (κ1) is 8.87. The minimum absolute atomic E-state index is 0.0249. The number of anilines is 1. The highest BCUT2D eigenvalue weighted by Gasteiger charge is 2.05. The van der Waals surface area contributed by atoms with Gasteiger partial charge in [0.1, 0.15) is 0 Å². The van der Waals surface area contributed by atoms with Crippen molar-refractivity contribution < 1.29 is 0 Å². The van der Waals surface area contributed by atoms with Gasteiger partial charge in [0, 0.05) is 7.05 Å². The molecular weight excluding hydrogens is 174 g/mol. The van der Waals surface area contributed by atoms with Crippen LogP contribution < -0.4 is 10.6 Å². The fraction of sp³-hybridized carbons (Fsp3) is 0.125. The smallest absolute Gasteiger partial charge is 0.192 e. The molecule has 0 heterocycles. The van der Waals surface area contributed by atoms with Crippen molar-refractivity contribution in [2.24, 2.45) is 5.73 Å². The number of rotatable bonds is 1. The normalized spacial score (nSPS) is 9.50. The van der Waals surface area contributed by atoms with Gasteiger partial charge >= 0.3 is 0 Å². The molecule has 0 spiro atoms. The molecule has 0 aliphatic heterocycles. The van der Waals surface area contributed by atoms with Crippen molar-refractivity contribution in [2.75, 3.05) is 11.9 Å². The van der Waals surface area contributed by atoms with Crippen LogP contribution in [0, 0.1) is 5.41 Å². The third-order valence-corrected chi connectivity index (χ3v) is 1.89. The summed E-state index contributed by atoms with van der Waals surface area (Å²) in [5.74, 6) is -0.0249. The molecule has 0 amide bonds. The zero-order valence-corrected chi connectivity index (χ0v) is 7.47. The highest BCUT2D eigenvalue weighted by atomic mass is 35.5. The highest BCUT2D eigenvalue weighted by Crippen LogP contribution is 2.23. The summed E-state index contributed by atoms with van der Waals surface area (Å²) in [7, 11) is 1.70. The Morgan fingerprint density at radius 3 is 2.58 bits per heavy atom. The molecular formula is C8H10ClN3. The Balaban J connectivity index is 3.02. The van der Waals surface area contributed by atoms with E-state index < -0.39 is 0 Å². The van der Waals surface area contributed by atoms with Gasteiger partial charge in [-0.15, -0.1) is 0 Å². The van der Waals surface area contributed by atoms with Crippen molar-refractivity contribution in [1.82, 2.24) is 0 Å². The lowest BCUT2D eigenvalue weighted by molar-refractivity contribution is 1.20. The predicted molar refractivity (Wildman–Crippen MR) is 51.8 cm³/mol. The summed E-state index contributed by atoms with van der Waals surface area (Å²) in [6.45, 7) is 0. The molecule has 64 valence electrons. The summed E-state index contributed by atoms with van der Waals surface area (Å²) in [4.78, 5) is 1.52. The number of para-hydroxylation sites is 1. The zero-order valence-electron chi connectivity index (χ0n) is 6.71. The van der Waals surface area contributed by atoms with E-state index in [-0.39, 0.29) is 5.96 Å². The fourth-order valence-electron chi connectivity index (χ4n) is 0.854. The highest BCUT2D eigenvalue weighted by molar-refractivity contribution is 6.33. The van der Waals surface area contributed by atoms with E-state index in [0.717, 1.165) is 5.69 Å². The Morgan fingerprint density at radius 1 is 1.50 bits per heavy atom. The molecule has 1 aromatic carbocycles. The van der Waals surface area contributed by atoms with E-state index in [9.17, 15) is 0 Å². The number of hydrogen-bond acceptors (Lipinski definition) is 1. The molecule has 3 nitrogen and oxygen atoms in total. The molecule has 0 aliphatic rings. The summed E-state index contributed by atoms with van der Waals surface area (Å²) < 4.78 is 0. The van der Waals surface area contributed by atoms with Crippen LogP contribution in [0.25, 0.3) is 0 Å². The van der Waals surface area contributed by atoms with Crippen molar-refractivity contribution in [3.63, 3.8) is 0 Å². The molecule has 0 saturated heterocycles. The number of nitrogens with two attached hydrogens (primary N) is 1. The Morgan fingerprint density at radius 2 is 2.08 bits per heavy atom. The van der Waals surface area contributed by atoms with Gasteiger partial charge in [-0.05, 0) is 12.1 Å². The number of nitrogens with zero attached hydrogens (tertiary/aromatic N) is 1. The summed E-state index contributed by atoms with van der Waals surface area (Å²) >= 11 is 5.87. The molecule has 0 atom stereocenters. The van der Waals surface area contributed by atoms with Crippen molar-refractivity contribution >= 4 is 23.2 Å². The number of halogens is 1. The van der Waals surface area contributed by atoms with Crippen LogP contribution in [0.4, 0.5) is 5.69 Å². The summed E-state index contributed by atoms with van der Waals surface area (Å²) in [6.07, 6.45) is 0. The van der Waals surface area contributed by atoms with Gasteiger partial charge in [0.15, 0.2) is 5.96 Å². The summed E-state index contributed by atoms with van der Waals surface area (Å²) in [5, 5.41) is 7.77. The average molecular weight is 184 g/mol. The lowest BCUT2D eigenvalue weighted by Crippen LogP contribution is -2.32. The van der Waals surface area contributed by atoms with E-state index in [4.69, 9.17) is 22.7 Å². The quantitative estimate of drug-likeness (QED) is 0.514. The van der Waals surface area contributed by atoms with Gasteiger partial charge in [-0.3, -0.25) is 5.41 Å². The van der Waals surface area contributed by atoms with Gasteiger partial charge < -0.3 is 10.6 Å². The van der Waals surface area contributed by atoms with Crippen molar-refractivity contribution in [3.05, 3.63) is 29.3 Å². The molecule has 1 aromatic rings. The van der Waals surface area contributed by atoms with Crippen molar-refractivity contribution in [1.29, 1.82) is 5.41 Å². The second kappa shape index (κ2) is 3.45.